The molecule has 1 aliphatic rings. The highest BCUT2D eigenvalue weighted by molar-refractivity contribution is 5.71. The Morgan fingerprint density at radius 2 is 2.22 bits per heavy atom. The Labute approximate surface area is 110 Å². The summed E-state index contributed by atoms with van der Waals surface area (Å²) in [5, 5.41) is 9.94. The molecule has 5 atom stereocenters. The van der Waals surface area contributed by atoms with Crippen LogP contribution >= 0.6 is 0 Å². The molecule has 1 N–H and O–H groups in total. The van der Waals surface area contributed by atoms with Crippen molar-refractivity contribution in [3.8, 4) is 0 Å². The van der Waals surface area contributed by atoms with Crippen molar-refractivity contribution in [1.82, 2.24) is 0 Å². The van der Waals surface area contributed by atoms with E-state index >= 15 is 0 Å². The number of rotatable bonds is 5. The van der Waals surface area contributed by atoms with Gasteiger partial charge in [0.25, 0.3) is 0 Å². The van der Waals surface area contributed by atoms with Crippen LogP contribution in [-0.4, -0.2) is 48.7 Å². The molecule has 0 saturated carbocycles. The van der Waals surface area contributed by atoms with Crippen molar-refractivity contribution in [3.05, 3.63) is 0 Å². The Morgan fingerprint density at radius 3 is 2.67 bits per heavy atom. The molecular formula is C13H24O5. The summed E-state index contributed by atoms with van der Waals surface area (Å²) in [5.41, 5.74) is -0.981. The van der Waals surface area contributed by atoms with Crippen LogP contribution in [0.15, 0.2) is 0 Å². The van der Waals surface area contributed by atoms with Crippen molar-refractivity contribution in [2.75, 3.05) is 13.7 Å². The second kappa shape index (κ2) is 5.99. The Morgan fingerprint density at radius 1 is 1.61 bits per heavy atom. The molecule has 106 valence electrons. The van der Waals surface area contributed by atoms with Crippen LogP contribution in [0.4, 0.5) is 0 Å². The fraction of sp³-hybridized carbons (Fsp3) is 0.923. The number of ether oxygens (including phenoxy) is 3. The molecule has 0 bridgehead atoms. The number of esters is 1. The molecule has 0 aromatic heterocycles. The molecule has 1 heterocycles. The molecule has 5 nitrogen and oxygen atoms in total. The van der Waals surface area contributed by atoms with E-state index in [-0.39, 0.29) is 11.9 Å². The lowest BCUT2D eigenvalue weighted by atomic mass is 9.87. The van der Waals surface area contributed by atoms with Gasteiger partial charge in [-0.2, -0.15) is 0 Å². The van der Waals surface area contributed by atoms with Crippen molar-refractivity contribution >= 4 is 5.97 Å². The molecule has 5 heteroatoms. The second-order valence-electron chi connectivity index (χ2n) is 4.94. The quantitative estimate of drug-likeness (QED) is 0.752. The fourth-order valence-corrected chi connectivity index (χ4v) is 2.27. The smallest absolute Gasteiger partial charge is 0.308 e. The Balaban J connectivity index is 2.93. The van der Waals surface area contributed by atoms with Gasteiger partial charge in [-0.1, -0.05) is 20.8 Å². The van der Waals surface area contributed by atoms with Crippen molar-refractivity contribution in [1.29, 1.82) is 0 Å². The Hall–Kier alpha value is -0.650. The van der Waals surface area contributed by atoms with Gasteiger partial charge in [-0.25, -0.2) is 0 Å². The largest absolute Gasteiger partial charge is 0.459 e. The number of methoxy groups -OCH3 is 1. The summed E-state index contributed by atoms with van der Waals surface area (Å²) in [6.07, 6.45) is -1.85. The fourth-order valence-electron chi connectivity index (χ4n) is 2.27. The molecule has 0 unspecified atom stereocenters. The average molecular weight is 262 g/mol. The first kappa shape index (κ1) is 13.8. The van der Waals surface area contributed by atoms with Crippen LogP contribution in [0.2, 0.25) is 0 Å². The summed E-state index contributed by atoms with van der Waals surface area (Å²) in [6, 6.07) is 0. The van der Waals surface area contributed by atoms with Gasteiger partial charge in [0.15, 0.2) is 0 Å². The van der Waals surface area contributed by atoms with Crippen molar-refractivity contribution < 1.29 is 25.5 Å². The maximum absolute atomic E-state index is 11.7. The lowest BCUT2D eigenvalue weighted by Gasteiger charge is -2.37. The van der Waals surface area contributed by atoms with Gasteiger partial charge in [0.2, 0.25) is 0 Å². The Kier molecular flexibility index (Phi) is 4.59. The number of carbonyl (C=O) groups excluding carboxylic acids is 1. The van der Waals surface area contributed by atoms with Gasteiger partial charge in [-0.05, 0) is 13.3 Å². The van der Waals surface area contributed by atoms with E-state index in [4.69, 9.17) is 15.6 Å². The molecule has 0 radical (unpaired) electrons. The second-order valence-corrected chi connectivity index (χ2v) is 4.94. The van der Waals surface area contributed by atoms with E-state index in [1.807, 2.05) is 6.92 Å². The molecule has 1 rings (SSSR count). The molecule has 0 aromatic carbocycles. The van der Waals surface area contributed by atoms with Gasteiger partial charge in [0.05, 0.1) is 13.9 Å². The first-order chi connectivity index (χ1) is 8.80. The number of carbonyl (C=O) groups is 1. The predicted octanol–water partition coefficient (Wildman–Crippen LogP) is 1.13. The molecular weight excluding hydrogens is 236 g/mol. The van der Waals surface area contributed by atoms with Crippen LogP contribution < -0.4 is 0 Å². The zero-order valence-corrected chi connectivity index (χ0v) is 11.7. The van der Waals surface area contributed by atoms with Crippen LogP contribution in [0.5, 0.6) is 0 Å². The molecule has 18 heavy (non-hydrogen) atoms. The summed E-state index contributed by atoms with van der Waals surface area (Å²) >= 11 is 0. The number of hydrogen-bond acceptors (Lipinski definition) is 5. The van der Waals surface area contributed by atoms with E-state index in [2.05, 4.69) is 0 Å². The summed E-state index contributed by atoms with van der Waals surface area (Å²) in [6.45, 7) is 5.97. The van der Waals surface area contributed by atoms with Gasteiger partial charge in [-0.3, -0.25) is 4.79 Å². The van der Waals surface area contributed by atoms with Crippen LogP contribution in [0.1, 0.15) is 35.5 Å². The number of hydrogen-bond donors (Lipinski definition) is 1. The van der Waals surface area contributed by atoms with Crippen molar-refractivity contribution in [2.24, 2.45) is 5.92 Å². The van der Waals surface area contributed by atoms with Gasteiger partial charge in [-0.15, -0.1) is 0 Å². The first-order valence-corrected chi connectivity index (χ1v) is 6.31. The lowest BCUT2D eigenvalue weighted by molar-refractivity contribution is -0.183. The minimum atomic E-state index is -1.09. The normalized spacial score (nSPS) is 38.6. The van der Waals surface area contributed by atoms with Crippen LogP contribution in [0, 0.1) is 5.92 Å². The average Bonchev–Trinajstić information content (AvgIpc) is 2.61. The highest BCUT2D eigenvalue weighted by atomic mass is 16.6. The van der Waals surface area contributed by atoms with E-state index in [1.54, 1.807) is 20.8 Å². The van der Waals surface area contributed by atoms with E-state index in [1.165, 1.54) is 7.11 Å². The summed E-state index contributed by atoms with van der Waals surface area (Å²) in [5.74, 6) is -0.572. The summed E-state index contributed by atoms with van der Waals surface area (Å²) < 4.78 is 23.9. The van der Waals surface area contributed by atoms with E-state index in [0.717, 1.165) is 0 Å². The lowest BCUT2D eigenvalue weighted by Crippen LogP contribution is -2.53. The van der Waals surface area contributed by atoms with Gasteiger partial charge in [0.1, 0.15) is 23.9 Å². The minimum absolute atomic E-state index is 0.240. The third-order valence-corrected chi connectivity index (χ3v) is 3.48. The topological polar surface area (TPSA) is 65.0 Å². The van der Waals surface area contributed by atoms with Gasteiger partial charge in [0, 0.05) is 7.11 Å². The van der Waals surface area contributed by atoms with E-state index in [9.17, 15) is 9.90 Å². The maximum atomic E-state index is 11.7. The van der Waals surface area contributed by atoms with E-state index < -0.39 is 30.5 Å². The molecule has 0 aromatic rings. The Bertz CT molecular complexity index is 322. The highest BCUT2D eigenvalue weighted by Crippen LogP contribution is 2.36. The molecule has 1 aliphatic heterocycles. The SMILES string of the molecule is [3H][C@@H]1O[C@](CC)([C@H](C)OC(=O)C(C)C)[C@@H](OC)[C@@H]1O. The summed E-state index contributed by atoms with van der Waals surface area (Å²) in [7, 11) is 1.46. The highest BCUT2D eigenvalue weighted by Gasteiger charge is 2.54. The summed E-state index contributed by atoms with van der Waals surface area (Å²) in [4.78, 5) is 11.7. The third kappa shape index (κ3) is 2.68. The van der Waals surface area contributed by atoms with E-state index in [0.29, 0.717) is 6.42 Å². The maximum Gasteiger partial charge on any atom is 0.308 e. The zero-order chi connectivity index (χ0) is 14.8. The predicted molar refractivity (Wildman–Crippen MR) is 66.2 cm³/mol. The number of aliphatic hydroxyl groups is 1. The molecule has 0 spiro atoms. The monoisotopic (exact) mass is 262 g/mol. The molecule has 1 saturated heterocycles. The molecule has 0 aliphatic carbocycles. The van der Waals surface area contributed by atoms with Gasteiger partial charge >= 0.3 is 5.97 Å². The van der Waals surface area contributed by atoms with Gasteiger partial charge < -0.3 is 19.3 Å². The standard InChI is InChI=1S/C13H24O5/c1-6-13(9(4)18-12(15)8(2)3)11(16-5)10(14)7-17-13/h8-11,14H,6-7H2,1-5H3/t9-,10+,11-,13+/m0/s1/i7T/t7-,9-,10+,11-,13+. The molecule has 0 amide bonds. The van der Waals surface area contributed by atoms with Crippen LogP contribution in [0.3, 0.4) is 0 Å². The third-order valence-electron chi connectivity index (χ3n) is 3.48. The molecule has 1 fully saturated rings. The first-order valence-electron chi connectivity index (χ1n) is 6.89. The van der Waals surface area contributed by atoms with Crippen molar-refractivity contribution in [3.63, 3.8) is 0 Å². The van der Waals surface area contributed by atoms with Crippen LogP contribution in [0.25, 0.3) is 0 Å². The zero-order valence-electron chi connectivity index (χ0n) is 12.7. The minimum Gasteiger partial charge on any atom is -0.459 e. The van der Waals surface area contributed by atoms with Crippen molar-refractivity contribution in [2.45, 2.75) is 58.0 Å². The van der Waals surface area contributed by atoms with Crippen LogP contribution in [-0.2, 0) is 19.0 Å². The number of aliphatic hydroxyl groups excluding tert-OH is 1.